The monoisotopic (exact) mass is 200 g/mol. The number of β-amino-alcohol motifs (C(OH)–C–C–N with tert-alkyl or cyclic N) is 1. The average Bonchev–Trinajstić information content (AvgIpc) is 2.69. The zero-order chi connectivity index (χ0) is 10.4. The van der Waals surface area contributed by atoms with E-state index >= 15 is 0 Å². The lowest BCUT2D eigenvalue weighted by Crippen LogP contribution is -2.35. The van der Waals surface area contributed by atoms with Gasteiger partial charge in [0, 0.05) is 19.1 Å². The molecule has 3 N–H and O–H groups in total. The Bertz CT molecular complexity index is 143. The number of aliphatic hydroxyl groups excluding tert-OH is 1. The molecule has 1 heterocycles. The first kappa shape index (κ1) is 12.0. The molecule has 3 heteroatoms. The third kappa shape index (κ3) is 3.23. The molecule has 0 amide bonds. The smallest absolute Gasteiger partial charge is 0.0679 e. The number of nitrogens with two attached hydrogens (primary N) is 1. The van der Waals surface area contributed by atoms with E-state index in [0.29, 0.717) is 0 Å². The normalized spacial score (nSPS) is 29.8. The lowest BCUT2D eigenvalue weighted by atomic mass is 9.94. The van der Waals surface area contributed by atoms with Crippen molar-refractivity contribution in [1.29, 1.82) is 0 Å². The summed E-state index contributed by atoms with van der Waals surface area (Å²) in [5.74, 6) is 0. The van der Waals surface area contributed by atoms with Gasteiger partial charge in [-0.1, -0.05) is 19.3 Å². The Labute approximate surface area is 87.3 Å². The number of aliphatic hydroxyl groups is 1. The van der Waals surface area contributed by atoms with Crippen molar-refractivity contribution in [2.75, 3.05) is 20.1 Å². The molecule has 1 aliphatic heterocycles. The summed E-state index contributed by atoms with van der Waals surface area (Å²) < 4.78 is 0. The van der Waals surface area contributed by atoms with Crippen molar-refractivity contribution in [3.8, 4) is 0 Å². The van der Waals surface area contributed by atoms with E-state index in [-0.39, 0.29) is 6.10 Å². The second-order valence-corrected chi connectivity index (χ2v) is 4.23. The molecule has 14 heavy (non-hydrogen) atoms. The zero-order valence-electron chi connectivity index (χ0n) is 9.28. The molecule has 3 nitrogen and oxygen atoms in total. The van der Waals surface area contributed by atoms with Crippen LogP contribution in [0, 0.1) is 0 Å². The Balaban J connectivity index is 0.000000461. The van der Waals surface area contributed by atoms with E-state index in [1.165, 1.54) is 39.2 Å². The van der Waals surface area contributed by atoms with Crippen LogP contribution in [-0.4, -0.2) is 42.3 Å². The molecule has 84 valence electrons. The highest BCUT2D eigenvalue weighted by molar-refractivity contribution is 4.82. The van der Waals surface area contributed by atoms with Gasteiger partial charge in [0.05, 0.1) is 6.10 Å². The van der Waals surface area contributed by atoms with Gasteiger partial charge in [0.15, 0.2) is 0 Å². The SMILES string of the molecule is CN.OC1CCN(C2CCCCC2)C1. The van der Waals surface area contributed by atoms with Gasteiger partial charge in [-0.3, -0.25) is 4.90 Å². The minimum atomic E-state index is -0.0353. The van der Waals surface area contributed by atoms with Gasteiger partial charge < -0.3 is 10.8 Å². The van der Waals surface area contributed by atoms with Crippen LogP contribution in [0.3, 0.4) is 0 Å². The van der Waals surface area contributed by atoms with Crippen LogP contribution in [0.25, 0.3) is 0 Å². The highest BCUT2D eigenvalue weighted by Crippen LogP contribution is 2.25. The second-order valence-electron chi connectivity index (χ2n) is 4.23. The first-order valence-corrected chi connectivity index (χ1v) is 5.86. The van der Waals surface area contributed by atoms with Crippen molar-refractivity contribution in [2.45, 2.75) is 50.7 Å². The number of likely N-dealkylation sites (tertiary alicyclic amines) is 1. The van der Waals surface area contributed by atoms with Gasteiger partial charge in [-0.15, -0.1) is 0 Å². The maximum absolute atomic E-state index is 9.39. The van der Waals surface area contributed by atoms with Crippen molar-refractivity contribution >= 4 is 0 Å². The maximum atomic E-state index is 9.39. The minimum absolute atomic E-state index is 0.0353. The van der Waals surface area contributed by atoms with E-state index in [4.69, 9.17) is 0 Å². The lowest BCUT2D eigenvalue weighted by Gasteiger charge is -2.30. The zero-order valence-corrected chi connectivity index (χ0v) is 9.28. The van der Waals surface area contributed by atoms with Crippen LogP contribution < -0.4 is 5.73 Å². The van der Waals surface area contributed by atoms with Gasteiger partial charge in [-0.05, 0) is 26.3 Å². The van der Waals surface area contributed by atoms with Crippen LogP contribution in [-0.2, 0) is 0 Å². The Morgan fingerprint density at radius 1 is 1.07 bits per heavy atom. The van der Waals surface area contributed by atoms with E-state index < -0.39 is 0 Å². The fourth-order valence-corrected chi connectivity index (χ4v) is 2.55. The average molecular weight is 200 g/mol. The number of rotatable bonds is 1. The number of hydrogen-bond acceptors (Lipinski definition) is 3. The molecule has 2 fully saturated rings. The molecular weight excluding hydrogens is 176 g/mol. The van der Waals surface area contributed by atoms with Gasteiger partial charge in [0.25, 0.3) is 0 Å². The second kappa shape index (κ2) is 6.38. The van der Waals surface area contributed by atoms with Crippen molar-refractivity contribution in [1.82, 2.24) is 4.90 Å². The molecule has 1 unspecified atom stereocenters. The molecule has 0 bridgehead atoms. The maximum Gasteiger partial charge on any atom is 0.0679 e. The standard InChI is InChI=1S/C10H19NO.CH5N/c12-10-6-7-11(8-10)9-4-2-1-3-5-9;1-2/h9-10,12H,1-8H2;2H2,1H3. The molecular formula is C11H24N2O. The molecule has 2 rings (SSSR count). The molecule has 0 radical (unpaired) electrons. The van der Waals surface area contributed by atoms with Gasteiger partial charge >= 0.3 is 0 Å². The van der Waals surface area contributed by atoms with Gasteiger partial charge in [0.2, 0.25) is 0 Å². The van der Waals surface area contributed by atoms with Crippen molar-refractivity contribution < 1.29 is 5.11 Å². The van der Waals surface area contributed by atoms with Crippen LogP contribution in [0.1, 0.15) is 38.5 Å². The van der Waals surface area contributed by atoms with E-state index in [1.54, 1.807) is 0 Å². The highest BCUT2D eigenvalue weighted by Gasteiger charge is 2.27. The molecule has 1 saturated carbocycles. The predicted octanol–water partition coefficient (Wildman–Crippen LogP) is 0.961. The number of hydrogen-bond donors (Lipinski definition) is 2. The molecule has 2 aliphatic rings. The van der Waals surface area contributed by atoms with Gasteiger partial charge in [0.1, 0.15) is 0 Å². The summed E-state index contributed by atoms with van der Waals surface area (Å²) in [5.41, 5.74) is 4.50. The summed E-state index contributed by atoms with van der Waals surface area (Å²) in [7, 11) is 1.50. The topological polar surface area (TPSA) is 49.5 Å². The van der Waals surface area contributed by atoms with Crippen molar-refractivity contribution in [3.63, 3.8) is 0 Å². The fourth-order valence-electron chi connectivity index (χ4n) is 2.55. The third-order valence-corrected chi connectivity index (χ3v) is 3.29. The molecule has 0 aromatic rings. The first-order chi connectivity index (χ1) is 6.86. The highest BCUT2D eigenvalue weighted by atomic mass is 16.3. The van der Waals surface area contributed by atoms with Crippen LogP contribution in [0.5, 0.6) is 0 Å². The third-order valence-electron chi connectivity index (χ3n) is 3.29. The quantitative estimate of drug-likeness (QED) is 0.663. The van der Waals surface area contributed by atoms with Gasteiger partial charge in [-0.2, -0.15) is 0 Å². The number of nitrogens with zero attached hydrogens (tertiary/aromatic N) is 1. The predicted molar refractivity (Wildman–Crippen MR) is 59.2 cm³/mol. The Morgan fingerprint density at radius 3 is 2.21 bits per heavy atom. The summed E-state index contributed by atoms with van der Waals surface area (Å²) in [6, 6.07) is 0.802. The van der Waals surface area contributed by atoms with Crippen LogP contribution in [0.15, 0.2) is 0 Å². The summed E-state index contributed by atoms with van der Waals surface area (Å²) >= 11 is 0. The molecule has 1 atom stereocenters. The van der Waals surface area contributed by atoms with Crippen LogP contribution >= 0.6 is 0 Å². The molecule has 0 aromatic heterocycles. The van der Waals surface area contributed by atoms with E-state index in [9.17, 15) is 5.11 Å². The van der Waals surface area contributed by atoms with E-state index in [1.807, 2.05) is 0 Å². The van der Waals surface area contributed by atoms with Gasteiger partial charge in [-0.25, -0.2) is 0 Å². The molecule has 1 aliphatic carbocycles. The van der Waals surface area contributed by atoms with Crippen molar-refractivity contribution in [2.24, 2.45) is 5.73 Å². The Kier molecular flexibility index (Phi) is 5.45. The van der Waals surface area contributed by atoms with Crippen LogP contribution in [0.2, 0.25) is 0 Å². The minimum Gasteiger partial charge on any atom is -0.392 e. The lowest BCUT2D eigenvalue weighted by molar-refractivity contribution is 0.142. The first-order valence-electron chi connectivity index (χ1n) is 5.86. The summed E-state index contributed by atoms with van der Waals surface area (Å²) in [5, 5.41) is 9.39. The summed E-state index contributed by atoms with van der Waals surface area (Å²) in [6.45, 7) is 2.07. The van der Waals surface area contributed by atoms with Crippen LogP contribution in [0.4, 0.5) is 0 Å². The Morgan fingerprint density at radius 2 is 1.71 bits per heavy atom. The molecule has 1 saturated heterocycles. The summed E-state index contributed by atoms with van der Waals surface area (Å²) in [6.07, 6.45) is 7.92. The summed E-state index contributed by atoms with van der Waals surface area (Å²) in [4.78, 5) is 2.49. The largest absolute Gasteiger partial charge is 0.392 e. The molecule has 0 aromatic carbocycles. The fraction of sp³-hybridized carbons (Fsp3) is 1.00. The van der Waals surface area contributed by atoms with E-state index in [0.717, 1.165) is 25.6 Å². The molecule has 0 spiro atoms. The van der Waals surface area contributed by atoms with Crippen molar-refractivity contribution in [3.05, 3.63) is 0 Å². The van der Waals surface area contributed by atoms with E-state index in [2.05, 4.69) is 10.6 Å². The Hall–Kier alpha value is -0.120.